The highest BCUT2D eigenvalue weighted by molar-refractivity contribution is 5.52. The fourth-order valence-electron chi connectivity index (χ4n) is 0.466. The second kappa shape index (κ2) is 2.56. The third kappa shape index (κ3) is 1.18. The van der Waals surface area contributed by atoms with E-state index in [0.29, 0.717) is 0 Å². The van der Waals surface area contributed by atoms with Gasteiger partial charge in [0.2, 0.25) is 0 Å². The van der Waals surface area contributed by atoms with Crippen molar-refractivity contribution in [3.63, 3.8) is 0 Å². The zero-order chi connectivity index (χ0) is 12.7. The van der Waals surface area contributed by atoms with E-state index in [1.54, 1.807) is 0 Å². The van der Waals surface area contributed by atoms with Crippen LogP contribution in [0.15, 0.2) is 18.1 Å². The number of rotatable bonds is 1. The SMILES string of the molecule is [2H]c1c([2H])c(OC([2H])([2H])[2H])c(N)c([2H])c1F. The van der Waals surface area contributed by atoms with Crippen LogP contribution in [0.3, 0.4) is 0 Å². The highest BCUT2D eigenvalue weighted by atomic mass is 19.1. The van der Waals surface area contributed by atoms with Crippen molar-refractivity contribution >= 4 is 5.69 Å². The van der Waals surface area contributed by atoms with E-state index in [2.05, 4.69) is 4.74 Å². The van der Waals surface area contributed by atoms with Crippen LogP contribution in [0, 0.1) is 5.82 Å². The molecule has 2 nitrogen and oxygen atoms in total. The van der Waals surface area contributed by atoms with E-state index < -0.39 is 42.4 Å². The third-order valence-corrected chi connectivity index (χ3v) is 0.877. The van der Waals surface area contributed by atoms with Gasteiger partial charge in [0, 0.05) is 6.04 Å². The molecule has 0 atom stereocenters. The molecule has 0 amide bonds. The molecule has 0 fully saturated rings. The summed E-state index contributed by atoms with van der Waals surface area (Å²) in [5.41, 5.74) is 4.65. The molecule has 0 aliphatic rings. The van der Waals surface area contributed by atoms with Gasteiger partial charge in [-0.15, -0.1) is 0 Å². The van der Waals surface area contributed by atoms with E-state index in [0.717, 1.165) is 0 Å². The zero-order valence-electron chi connectivity index (χ0n) is 10.9. The maximum atomic E-state index is 13.1. The molecular weight excluding hydrogens is 133 g/mol. The molecule has 3 heteroatoms. The molecule has 0 aliphatic carbocycles. The van der Waals surface area contributed by atoms with Gasteiger partial charge in [-0.25, -0.2) is 4.39 Å². The number of benzene rings is 1. The number of hydrogen-bond acceptors (Lipinski definition) is 2. The van der Waals surface area contributed by atoms with Crippen molar-refractivity contribution in [3.8, 4) is 5.75 Å². The smallest absolute Gasteiger partial charge is 0.141 e. The van der Waals surface area contributed by atoms with Crippen LogP contribution in [0.4, 0.5) is 10.1 Å². The van der Waals surface area contributed by atoms with E-state index in [-0.39, 0.29) is 0 Å². The Morgan fingerprint density at radius 1 is 1.80 bits per heavy atom. The molecule has 1 rings (SSSR count). The van der Waals surface area contributed by atoms with Crippen LogP contribution in [0.25, 0.3) is 0 Å². The average Bonchev–Trinajstić information content (AvgIpc) is 2.17. The Balaban J connectivity index is 3.40. The summed E-state index contributed by atoms with van der Waals surface area (Å²) in [6.07, 6.45) is 0. The van der Waals surface area contributed by atoms with Gasteiger partial charge in [0.15, 0.2) is 0 Å². The third-order valence-electron chi connectivity index (χ3n) is 0.877. The minimum Gasteiger partial charge on any atom is -0.495 e. The number of nitrogen functional groups attached to an aromatic ring is 1. The van der Waals surface area contributed by atoms with E-state index in [4.69, 9.17) is 14.0 Å². The van der Waals surface area contributed by atoms with E-state index in [9.17, 15) is 4.39 Å². The summed E-state index contributed by atoms with van der Waals surface area (Å²) in [7, 11) is -2.87. The lowest BCUT2D eigenvalue weighted by Crippen LogP contribution is -1.92. The Hall–Kier alpha value is -1.25. The van der Waals surface area contributed by atoms with Crippen LogP contribution in [-0.2, 0) is 0 Å². The van der Waals surface area contributed by atoms with Crippen LogP contribution in [0.5, 0.6) is 5.75 Å². The quantitative estimate of drug-likeness (QED) is 0.609. The van der Waals surface area contributed by atoms with Crippen molar-refractivity contribution in [2.75, 3.05) is 12.8 Å². The van der Waals surface area contributed by atoms with Gasteiger partial charge < -0.3 is 10.5 Å². The molecule has 0 bridgehead atoms. The van der Waals surface area contributed by atoms with Crippen molar-refractivity contribution in [1.29, 1.82) is 0 Å². The summed E-state index contributed by atoms with van der Waals surface area (Å²) in [6, 6.07) is -2.55. The number of nitrogens with two attached hydrogens (primary N) is 1. The normalized spacial score (nSPS) is 19.3. The molecular formula is C7H8FNO. The van der Waals surface area contributed by atoms with Gasteiger partial charge in [-0.05, 0) is 12.1 Å². The molecule has 2 N–H and O–H groups in total. The number of anilines is 1. The van der Waals surface area contributed by atoms with E-state index in [1.165, 1.54) is 0 Å². The van der Waals surface area contributed by atoms with Gasteiger partial charge >= 0.3 is 0 Å². The molecule has 0 saturated heterocycles. The van der Waals surface area contributed by atoms with E-state index >= 15 is 0 Å². The van der Waals surface area contributed by atoms with Crippen LogP contribution in [0.1, 0.15) is 8.22 Å². The summed E-state index contributed by atoms with van der Waals surface area (Å²) in [4.78, 5) is 0. The number of halogens is 1. The molecule has 54 valence electrons. The number of hydrogen-bond donors (Lipinski definition) is 1. The molecule has 0 heterocycles. The van der Waals surface area contributed by atoms with Gasteiger partial charge in [-0.3, -0.25) is 0 Å². The predicted molar refractivity (Wildman–Crippen MR) is 37.4 cm³/mol. The highest BCUT2D eigenvalue weighted by Crippen LogP contribution is 2.20. The van der Waals surface area contributed by atoms with Crippen LogP contribution >= 0.6 is 0 Å². The second-order valence-electron chi connectivity index (χ2n) is 1.53. The fourth-order valence-corrected chi connectivity index (χ4v) is 0.466. The molecule has 0 aliphatic heterocycles. The minimum absolute atomic E-state index is 0.602. The Kier molecular flexibility index (Phi) is 0.618. The Morgan fingerprint density at radius 2 is 2.60 bits per heavy atom. The lowest BCUT2D eigenvalue weighted by Gasteiger charge is -2.01. The van der Waals surface area contributed by atoms with Gasteiger partial charge in [-0.2, -0.15) is 0 Å². The summed E-state index contributed by atoms with van der Waals surface area (Å²) in [5.74, 6) is -1.95. The van der Waals surface area contributed by atoms with Crippen molar-refractivity contribution in [1.82, 2.24) is 0 Å². The number of methoxy groups -OCH3 is 1. The second-order valence-corrected chi connectivity index (χ2v) is 1.53. The predicted octanol–water partition coefficient (Wildman–Crippen LogP) is 1.42. The first kappa shape index (κ1) is 2.42. The Labute approximate surface area is 66.8 Å². The lowest BCUT2D eigenvalue weighted by atomic mass is 10.3. The molecule has 10 heavy (non-hydrogen) atoms. The van der Waals surface area contributed by atoms with E-state index in [1.807, 2.05) is 0 Å². The summed E-state index contributed by atoms with van der Waals surface area (Å²) in [5, 5.41) is 0. The molecule has 0 radical (unpaired) electrons. The largest absolute Gasteiger partial charge is 0.495 e. The summed E-state index contributed by atoms with van der Waals surface area (Å²) in [6.45, 7) is 0. The number of ether oxygens (including phenoxy) is 1. The van der Waals surface area contributed by atoms with Gasteiger partial charge in [0.25, 0.3) is 0 Å². The molecule has 1 aromatic carbocycles. The highest BCUT2D eigenvalue weighted by Gasteiger charge is 1.97. The fraction of sp³-hybridized carbons (Fsp3) is 0.143. The van der Waals surface area contributed by atoms with Crippen molar-refractivity contribution in [2.45, 2.75) is 0 Å². The average molecular weight is 147 g/mol. The van der Waals surface area contributed by atoms with Crippen molar-refractivity contribution < 1.29 is 17.4 Å². The van der Waals surface area contributed by atoms with Crippen LogP contribution in [-0.4, -0.2) is 7.04 Å². The molecule has 0 aromatic heterocycles. The van der Waals surface area contributed by atoms with Gasteiger partial charge in [-0.1, -0.05) is 0 Å². The molecule has 0 spiro atoms. The monoisotopic (exact) mass is 147 g/mol. The lowest BCUT2D eigenvalue weighted by molar-refractivity contribution is 0.416. The topological polar surface area (TPSA) is 35.2 Å². The van der Waals surface area contributed by atoms with Crippen molar-refractivity contribution in [3.05, 3.63) is 23.9 Å². The molecule has 0 saturated carbocycles. The zero-order valence-corrected chi connectivity index (χ0v) is 4.86. The maximum absolute atomic E-state index is 13.1. The summed E-state index contributed by atoms with van der Waals surface area (Å²) >= 11 is 0. The summed E-state index contributed by atoms with van der Waals surface area (Å²) < 4.78 is 59.5. The Morgan fingerprint density at radius 3 is 3.30 bits per heavy atom. The van der Waals surface area contributed by atoms with Crippen molar-refractivity contribution in [2.24, 2.45) is 0 Å². The molecule has 1 aromatic rings. The standard InChI is InChI=1S/C7H8FNO/c1-10-7-3-2-5(8)4-6(7)9/h2-4H,9H2,1H3/i1D3,2D,3D,4D. The van der Waals surface area contributed by atoms with Gasteiger partial charge in [0.05, 0.1) is 20.9 Å². The first-order valence-corrected chi connectivity index (χ1v) is 2.39. The molecule has 0 unspecified atom stereocenters. The Bertz CT molecular complexity index is 403. The maximum Gasteiger partial charge on any atom is 0.141 e. The minimum atomic E-state index is -2.87. The first-order valence-electron chi connectivity index (χ1n) is 5.39. The van der Waals surface area contributed by atoms with Crippen LogP contribution < -0.4 is 10.5 Å². The first-order chi connectivity index (χ1) is 7.15. The van der Waals surface area contributed by atoms with Crippen LogP contribution in [0.2, 0.25) is 0 Å². The van der Waals surface area contributed by atoms with Gasteiger partial charge in [0.1, 0.15) is 11.6 Å².